The van der Waals surface area contributed by atoms with E-state index in [2.05, 4.69) is 4.98 Å². The quantitative estimate of drug-likeness (QED) is 0.912. The van der Waals surface area contributed by atoms with E-state index in [4.69, 9.17) is 0 Å². The normalized spacial score (nSPS) is 14.7. The Labute approximate surface area is 123 Å². The monoisotopic (exact) mass is 285 g/mol. The number of carbonyl (C=O) groups is 1. The van der Waals surface area contributed by atoms with E-state index in [0.29, 0.717) is 12.2 Å². The van der Waals surface area contributed by atoms with Crippen molar-refractivity contribution in [2.24, 2.45) is 0 Å². The molecule has 0 saturated heterocycles. The molecule has 1 heterocycles. The van der Waals surface area contributed by atoms with E-state index in [0.717, 1.165) is 24.9 Å². The molecule has 110 valence electrons. The zero-order valence-electron chi connectivity index (χ0n) is 11.9. The minimum atomic E-state index is -0.0601. The fraction of sp³-hybridized carbons (Fsp3) is 0.375. The summed E-state index contributed by atoms with van der Waals surface area (Å²) in [6.45, 7) is 0.366. The summed E-state index contributed by atoms with van der Waals surface area (Å²) in [5, 5.41) is 9.22. The van der Waals surface area contributed by atoms with Crippen LogP contribution in [0.15, 0.2) is 42.9 Å². The van der Waals surface area contributed by atoms with E-state index in [-0.39, 0.29) is 18.6 Å². The standard InChI is InChI=1S/C16H19N3O2/c20-10-9-18(13-7-4-8-13)16(21)15-11-17-12-19(15)14-5-2-1-3-6-14/h1-3,5-6,11-13,20H,4,7-10H2. The SMILES string of the molecule is O=C(c1cncn1-c1ccccc1)N(CCO)C1CCC1. The van der Waals surface area contributed by atoms with Crippen molar-refractivity contribution in [2.75, 3.05) is 13.2 Å². The largest absolute Gasteiger partial charge is 0.395 e. The van der Waals surface area contributed by atoms with Crippen LogP contribution in [-0.2, 0) is 0 Å². The summed E-state index contributed by atoms with van der Waals surface area (Å²) < 4.78 is 1.80. The molecule has 1 aromatic heterocycles. The second kappa shape index (κ2) is 6.10. The van der Waals surface area contributed by atoms with Crippen LogP contribution in [-0.4, -0.2) is 44.7 Å². The molecule has 1 aromatic carbocycles. The van der Waals surface area contributed by atoms with Crippen molar-refractivity contribution >= 4 is 5.91 Å². The molecule has 2 aromatic rings. The number of aliphatic hydroxyl groups excluding tert-OH is 1. The maximum Gasteiger partial charge on any atom is 0.272 e. The fourth-order valence-corrected chi connectivity index (χ4v) is 2.65. The van der Waals surface area contributed by atoms with Crippen molar-refractivity contribution in [1.29, 1.82) is 0 Å². The third kappa shape index (κ3) is 2.69. The van der Waals surface area contributed by atoms with Gasteiger partial charge in [0.2, 0.25) is 0 Å². The zero-order chi connectivity index (χ0) is 14.7. The van der Waals surface area contributed by atoms with Gasteiger partial charge >= 0.3 is 0 Å². The Balaban J connectivity index is 1.89. The molecule has 0 bridgehead atoms. The van der Waals surface area contributed by atoms with E-state index in [1.54, 1.807) is 22.0 Å². The average Bonchev–Trinajstić information content (AvgIpc) is 2.94. The molecular formula is C16H19N3O2. The summed E-state index contributed by atoms with van der Waals surface area (Å²) >= 11 is 0. The number of hydrogen-bond acceptors (Lipinski definition) is 3. The van der Waals surface area contributed by atoms with Gasteiger partial charge in [0.25, 0.3) is 5.91 Å². The molecule has 1 aliphatic carbocycles. The molecule has 0 radical (unpaired) electrons. The minimum absolute atomic E-state index is 0.0122. The highest BCUT2D eigenvalue weighted by Gasteiger charge is 2.30. The lowest BCUT2D eigenvalue weighted by molar-refractivity contribution is 0.0518. The fourth-order valence-electron chi connectivity index (χ4n) is 2.65. The number of hydrogen-bond donors (Lipinski definition) is 1. The highest BCUT2D eigenvalue weighted by molar-refractivity contribution is 5.93. The average molecular weight is 285 g/mol. The van der Waals surface area contributed by atoms with Crippen molar-refractivity contribution < 1.29 is 9.90 Å². The van der Waals surface area contributed by atoms with Crippen molar-refractivity contribution in [3.8, 4) is 5.69 Å². The molecule has 1 amide bonds. The maximum absolute atomic E-state index is 12.8. The van der Waals surface area contributed by atoms with Gasteiger partial charge in [-0.1, -0.05) is 18.2 Å². The third-order valence-corrected chi connectivity index (χ3v) is 4.01. The number of aromatic nitrogens is 2. The number of para-hydroxylation sites is 1. The first-order valence-corrected chi connectivity index (χ1v) is 7.31. The Morgan fingerprint density at radius 2 is 2.10 bits per heavy atom. The smallest absolute Gasteiger partial charge is 0.272 e. The number of amides is 1. The topological polar surface area (TPSA) is 58.4 Å². The molecule has 1 fully saturated rings. The lowest BCUT2D eigenvalue weighted by atomic mass is 9.91. The number of carbonyl (C=O) groups excluding carboxylic acids is 1. The highest BCUT2D eigenvalue weighted by Crippen LogP contribution is 2.26. The second-order valence-corrected chi connectivity index (χ2v) is 5.29. The third-order valence-electron chi connectivity index (χ3n) is 4.01. The summed E-state index contributed by atoms with van der Waals surface area (Å²) in [6, 6.07) is 9.94. The predicted molar refractivity (Wildman–Crippen MR) is 79.3 cm³/mol. The van der Waals surface area contributed by atoms with Gasteiger partial charge in [-0.2, -0.15) is 0 Å². The van der Waals surface area contributed by atoms with Crippen LogP contribution >= 0.6 is 0 Å². The minimum Gasteiger partial charge on any atom is -0.395 e. The molecule has 0 unspecified atom stereocenters. The van der Waals surface area contributed by atoms with Gasteiger partial charge in [-0.15, -0.1) is 0 Å². The second-order valence-electron chi connectivity index (χ2n) is 5.29. The molecule has 21 heavy (non-hydrogen) atoms. The number of aliphatic hydroxyl groups is 1. The number of imidazole rings is 1. The zero-order valence-corrected chi connectivity index (χ0v) is 11.9. The first kappa shape index (κ1) is 13.8. The maximum atomic E-state index is 12.8. The van der Waals surface area contributed by atoms with Crippen LogP contribution in [0.1, 0.15) is 29.8 Å². The Morgan fingerprint density at radius 1 is 1.33 bits per heavy atom. The Kier molecular flexibility index (Phi) is 4.01. The van der Waals surface area contributed by atoms with Gasteiger partial charge in [0, 0.05) is 18.3 Å². The Bertz CT molecular complexity index is 605. The van der Waals surface area contributed by atoms with Crippen LogP contribution in [0.5, 0.6) is 0 Å². The van der Waals surface area contributed by atoms with Gasteiger partial charge in [-0.3, -0.25) is 9.36 Å². The van der Waals surface area contributed by atoms with Crippen LogP contribution in [0.2, 0.25) is 0 Å². The molecule has 0 atom stereocenters. The van der Waals surface area contributed by atoms with E-state index in [1.807, 2.05) is 30.3 Å². The summed E-state index contributed by atoms with van der Waals surface area (Å²) in [7, 11) is 0. The van der Waals surface area contributed by atoms with Crippen molar-refractivity contribution in [3.05, 3.63) is 48.5 Å². The molecule has 1 saturated carbocycles. The molecule has 1 aliphatic rings. The number of nitrogens with zero attached hydrogens (tertiary/aromatic N) is 3. The molecular weight excluding hydrogens is 266 g/mol. The predicted octanol–water partition coefficient (Wildman–Crippen LogP) is 1.86. The summed E-state index contributed by atoms with van der Waals surface area (Å²) in [6.07, 6.45) is 6.44. The molecule has 5 nitrogen and oxygen atoms in total. The van der Waals surface area contributed by atoms with Crippen molar-refractivity contribution in [3.63, 3.8) is 0 Å². The van der Waals surface area contributed by atoms with E-state index < -0.39 is 0 Å². The molecule has 5 heteroatoms. The Morgan fingerprint density at radius 3 is 2.71 bits per heavy atom. The van der Waals surface area contributed by atoms with Gasteiger partial charge < -0.3 is 10.0 Å². The lowest BCUT2D eigenvalue weighted by Gasteiger charge is -2.37. The first-order chi connectivity index (χ1) is 10.3. The number of benzene rings is 1. The van der Waals surface area contributed by atoms with Crippen molar-refractivity contribution in [2.45, 2.75) is 25.3 Å². The Hall–Kier alpha value is -2.14. The van der Waals surface area contributed by atoms with Gasteiger partial charge in [-0.05, 0) is 31.4 Å². The van der Waals surface area contributed by atoms with Crippen molar-refractivity contribution in [1.82, 2.24) is 14.5 Å². The van der Waals surface area contributed by atoms with E-state index >= 15 is 0 Å². The van der Waals surface area contributed by atoms with Gasteiger partial charge in [0.1, 0.15) is 5.69 Å². The van der Waals surface area contributed by atoms with E-state index in [9.17, 15) is 9.90 Å². The summed E-state index contributed by atoms with van der Waals surface area (Å²) in [5.41, 5.74) is 1.46. The highest BCUT2D eigenvalue weighted by atomic mass is 16.3. The first-order valence-electron chi connectivity index (χ1n) is 7.31. The van der Waals surface area contributed by atoms with Gasteiger partial charge in [0.05, 0.1) is 19.1 Å². The van der Waals surface area contributed by atoms with Crippen LogP contribution < -0.4 is 0 Å². The van der Waals surface area contributed by atoms with Crippen LogP contribution in [0.3, 0.4) is 0 Å². The van der Waals surface area contributed by atoms with Crippen LogP contribution in [0.4, 0.5) is 0 Å². The van der Waals surface area contributed by atoms with E-state index in [1.165, 1.54) is 0 Å². The molecule has 1 N–H and O–H groups in total. The lowest BCUT2D eigenvalue weighted by Crippen LogP contribution is -2.46. The van der Waals surface area contributed by atoms with Gasteiger partial charge in [0.15, 0.2) is 0 Å². The van der Waals surface area contributed by atoms with Crippen LogP contribution in [0.25, 0.3) is 5.69 Å². The summed E-state index contributed by atoms with van der Waals surface area (Å²) in [4.78, 5) is 18.7. The molecule has 0 spiro atoms. The van der Waals surface area contributed by atoms with Gasteiger partial charge in [-0.25, -0.2) is 4.98 Å². The molecule has 0 aliphatic heterocycles. The molecule has 3 rings (SSSR count). The number of rotatable bonds is 5. The van der Waals surface area contributed by atoms with Crippen LogP contribution in [0, 0.1) is 0 Å². The summed E-state index contributed by atoms with van der Waals surface area (Å²) in [5.74, 6) is -0.0601.